The van der Waals surface area contributed by atoms with Crippen LogP contribution in [0.2, 0.25) is 0 Å². The van der Waals surface area contributed by atoms with Crippen LogP contribution in [0.15, 0.2) is 162 Å². The van der Waals surface area contributed by atoms with Crippen molar-refractivity contribution < 1.29 is 48.4 Å². The summed E-state index contributed by atoms with van der Waals surface area (Å²) in [7, 11) is -11.1. The number of rotatable bonds is 22. The van der Waals surface area contributed by atoms with Crippen LogP contribution in [0.25, 0.3) is 21.5 Å². The molecule has 0 aliphatic heterocycles. The Morgan fingerprint density at radius 2 is 0.974 bits per heavy atom. The van der Waals surface area contributed by atoms with Gasteiger partial charge in [-0.15, -0.1) is 20.5 Å². The van der Waals surface area contributed by atoms with E-state index in [1.54, 1.807) is 91.0 Å². The van der Waals surface area contributed by atoms with E-state index in [9.17, 15) is 38.9 Å². The molecule has 0 saturated heterocycles. The maximum absolute atomic E-state index is 12.7. The summed E-state index contributed by atoms with van der Waals surface area (Å²) in [5.41, 5.74) is 2.30. The molecule has 0 unspecified atom stereocenters. The van der Waals surface area contributed by atoms with Gasteiger partial charge in [-0.2, -0.15) is 40.2 Å². The summed E-state index contributed by atoms with van der Waals surface area (Å²) in [6, 6.07) is 31.8. The number of hydrogen-bond acceptors (Lipinski definition) is 20. The van der Waals surface area contributed by atoms with Crippen molar-refractivity contribution in [1.82, 2.24) is 15.0 Å². The molecule has 0 aliphatic rings. The van der Waals surface area contributed by atoms with E-state index < -0.39 is 40.1 Å². The minimum atomic E-state index is -4.78. The van der Waals surface area contributed by atoms with Crippen LogP contribution in [0, 0.1) is 0 Å². The predicted molar refractivity (Wildman–Crippen MR) is 301 cm³/mol. The molecule has 0 bridgehead atoms. The van der Waals surface area contributed by atoms with Crippen molar-refractivity contribution in [3.05, 3.63) is 127 Å². The number of fused-ring (bicyclic) bond motifs is 2. The van der Waals surface area contributed by atoms with E-state index in [-0.39, 0.29) is 61.8 Å². The maximum atomic E-state index is 12.7. The van der Waals surface area contributed by atoms with Crippen molar-refractivity contribution in [2.45, 2.75) is 53.3 Å². The zero-order valence-electron chi connectivity index (χ0n) is 42.8. The van der Waals surface area contributed by atoms with E-state index in [0.29, 0.717) is 76.2 Å². The van der Waals surface area contributed by atoms with Gasteiger partial charge in [0.2, 0.25) is 11.9 Å². The molecule has 0 spiro atoms. The molecule has 78 heavy (non-hydrogen) atoms. The molecule has 406 valence electrons. The predicted octanol–water partition coefficient (Wildman–Crippen LogP) is 12.2. The van der Waals surface area contributed by atoms with E-state index in [2.05, 4.69) is 31.1 Å². The normalized spacial score (nSPS) is 12.2. The van der Waals surface area contributed by atoms with Gasteiger partial charge < -0.3 is 29.9 Å². The number of methoxy groups -OCH3 is 2. The zero-order valence-corrected chi connectivity index (χ0v) is 46.1. The number of benzene rings is 7. The summed E-state index contributed by atoms with van der Waals surface area (Å²) in [4.78, 5) is 17.1. The van der Waals surface area contributed by atoms with Crippen LogP contribution < -0.4 is 29.9 Å². The summed E-state index contributed by atoms with van der Waals surface area (Å²) in [6.45, 7) is 10.1. The fourth-order valence-electron chi connectivity index (χ4n) is 8.45. The fraction of sp³-hybridized carbons (Fsp3) is 0.212. The third-order valence-electron chi connectivity index (χ3n) is 12.3. The largest absolute Gasteiger partial charge is 0.494 e. The highest BCUT2D eigenvalue weighted by molar-refractivity contribution is 7.98. The average molecular weight is 1140 g/mol. The van der Waals surface area contributed by atoms with Gasteiger partial charge in [0.15, 0.2) is 5.16 Å². The SMILES string of the molecule is CCN(CC)c1cc(Nc2nc(Nc3cc(N(CC)CC)c(OC)cc3N=Nc3c(S(=O)(=O)O)ccc4ccccc34)nc(SCc3cccc(S(=O)(=O)O)c3)n2)c(N=Nc2c(S(=O)(=O)O)ccc3ccccc23)cc1OC. The number of ether oxygens (including phenoxy) is 2. The number of hydrogen-bond donors (Lipinski definition) is 5. The van der Waals surface area contributed by atoms with Crippen LogP contribution in [0.3, 0.4) is 0 Å². The first-order chi connectivity index (χ1) is 37.3. The van der Waals surface area contributed by atoms with Gasteiger partial charge in [-0.25, -0.2) is 0 Å². The smallest absolute Gasteiger partial charge is 0.296 e. The Bertz CT molecular complexity index is 3760. The van der Waals surface area contributed by atoms with Gasteiger partial charge in [0.1, 0.15) is 44.0 Å². The molecule has 26 heteroatoms. The van der Waals surface area contributed by atoms with Crippen molar-refractivity contribution in [1.29, 1.82) is 0 Å². The molecule has 0 amide bonds. The van der Waals surface area contributed by atoms with E-state index in [1.807, 2.05) is 37.5 Å². The Hall–Kier alpha value is -7.85. The second-order valence-electron chi connectivity index (χ2n) is 17.0. The Labute approximate surface area is 455 Å². The van der Waals surface area contributed by atoms with Crippen LogP contribution >= 0.6 is 11.8 Å². The minimum absolute atomic E-state index is 0.0632. The van der Waals surface area contributed by atoms with Gasteiger partial charge in [-0.1, -0.05) is 84.6 Å². The molecule has 0 saturated carbocycles. The lowest BCUT2D eigenvalue weighted by molar-refractivity contribution is 0.414. The molecule has 5 N–H and O–H groups in total. The summed E-state index contributed by atoms with van der Waals surface area (Å²) < 4.78 is 117. The van der Waals surface area contributed by atoms with Gasteiger partial charge in [-0.3, -0.25) is 13.7 Å². The molecule has 1 heterocycles. The molecule has 0 radical (unpaired) electrons. The Kier molecular flexibility index (Phi) is 17.2. The Morgan fingerprint density at radius 1 is 0.526 bits per heavy atom. The van der Waals surface area contributed by atoms with E-state index >= 15 is 0 Å². The summed E-state index contributed by atoms with van der Waals surface area (Å²) >= 11 is 1.10. The first-order valence-electron chi connectivity index (χ1n) is 24.0. The van der Waals surface area contributed by atoms with Crippen molar-refractivity contribution in [3.8, 4) is 11.5 Å². The van der Waals surface area contributed by atoms with Crippen molar-refractivity contribution in [3.63, 3.8) is 0 Å². The van der Waals surface area contributed by atoms with Gasteiger partial charge >= 0.3 is 0 Å². The molecular formula is C52H53N11O11S4. The van der Waals surface area contributed by atoms with Crippen LogP contribution in [-0.4, -0.2) is 94.3 Å². The van der Waals surface area contributed by atoms with Crippen LogP contribution in [0.1, 0.15) is 33.3 Å². The van der Waals surface area contributed by atoms with E-state index in [1.165, 1.54) is 44.6 Å². The fourth-order valence-corrected chi connectivity index (χ4v) is 11.0. The zero-order chi connectivity index (χ0) is 55.9. The second kappa shape index (κ2) is 23.8. The third-order valence-corrected chi connectivity index (χ3v) is 15.8. The molecule has 8 rings (SSSR count). The molecule has 7 aromatic carbocycles. The van der Waals surface area contributed by atoms with Gasteiger partial charge in [0, 0.05) is 54.8 Å². The highest BCUT2D eigenvalue weighted by Crippen LogP contribution is 2.44. The monoisotopic (exact) mass is 1140 g/mol. The highest BCUT2D eigenvalue weighted by atomic mass is 32.2. The first kappa shape index (κ1) is 56.4. The molecule has 8 aromatic rings. The molecule has 22 nitrogen and oxygen atoms in total. The lowest BCUT2D eigenvalue weighted by atomic mass is 10.1. The highest BCUT2D eigenvalue weighted by Gasteiger charge is 2.23. The van der Waals surface area contributed by atoms with Gasteiger partial charge in [0.25, 0.3) is 30.4 Å². The van der Waals surface area contributed by atoms with E-state index in [4.69, 9.17) is 24.4 Å². The quantitative estimate of drug-likeness (QED) is 0.0239. The van der Waals surface area contributed by atoms with Gasteiger partial charge in [0.05, 0.1) is 41.9 Å². The van der Waals surface area contributed by atoms with Gasteiger partial charge in [-0.05, 0) is 80.4 Å². The number of aromatic nitrogens is 3. The third kappa shape index (κ3) is 12.8. The summed E-state index contributed by atoms with van der Waals surface area (Å²) in [5, 5.41) is 26.7. The minimum Gasteiger partial charge on any atom is -0.494 e. The van der Waals surface area contributed by atoms with E-state index in [0.717, 1.165) is 11.8 Å². The van der Waals surface area contributed by atoms with Crippen molar-refractivity contribution in [2.75, 3.05) is 60.8 Å². The topological polar surface area (TPSA) is 300 Å². The van der Waals surface area contributed by atoms with Crippen LogP contribution in [0.4, 0.5) is 57.4 Å². The first-order valence-corrected chi connectivity index (χ1v) is 29.3. The average Bonchev–Trinajstić information content (AvgIpc) is 3.45. The molecule has 0 fully saturated rings. The number of thioether (sulfide) groups is 1. The Balaban J connectivity index is 1.31. The molecular weight excluding hydrogens is 1080 g/mol. The lowest BCUT2D eigenvalue weighted by Gasteiger charge is -2.25. The number of nitrogens with one attached hydrogen (secondary N) is 2. The number of nitrogens with zero attached hydrogens (tertiary/aromatic N) is 9. The van der Waals surface area contributed by atoms with Crippen LogP contribution in [0.5, 0.6) is 11.5 Å². The molecule has 0 atom stereocenters. The lowest BCUT2D eigenvalue weighted by Crippen LogP contribution is -2.22. The summed E-state index contributed by atoms with van der Waals surface area (Å²) in [5.74, 6) is 0.768. The molecule has 0 aliphatic carbocycles. The number of anilines is 6. The maximum Gasteiger partial charge on any atom is 0.296 e. The summed E-state index contributed by atoms with van der Waals surface area (Å²) in [6.07, 6.45) is 0. The Morgan fingerprint density at radius 3 is 1.38 bits per heavy atom. The van der Waals surface area contributed by atoms with Crippen molar-refractivity contribution in [2.24, 2.45) is 20.5 Å². The van der Waals surface area contributed by atoms with Crippen LogP contribution in [-0.2, 0) is 36.1 Å². The standard InChI is InChI=1S/C52H53N11O11S4/c1-7-62(8-2)42-27-38(40(29-44(42)73-5)58-60-48-36-20-13-11-17-33(36)22-24-46(48)77(67,68)69)53-50-55-51(57-52(56-50)75-31-32-16-15-19-35(26-32)76(64,65)66)54-39-28-43(63(9-3)10-4)45(74-6)30-41(39)59-61-49-37-21-14-12-18-34(37)23-25-47(49)78(70,71)72/h11-30H,7-10,31H2,1-6H3,(H,64,65,66)(H,67,68,69)(H,70,71,72)(H2,53,54,55,56,57). The van der Waals surface area contributed by atoms with Crippen molar-refractivity contribution >= 4 is 121 Å². The number of azo groups is 2. The molecule has 1 aromatic heterocycles. The second-order valence-corrected chi connectivity index (χ2v) is 22.1.